The van der Waals surface area contributed by atoms with E-state index in [2.05, 4.69) is 30.2 Å². The van der Waals surface area contributed by atoms with Crippen molar-refractivity contribution in [3.05, 3.63) is 46.5 Å². The third-order valence-electron chi connectivity index (χ3n) is 4.40. The van der Waals surface area contributed by atoms with Gasteiger partial charge in [-0.2, -0.15) is 15.0 Å². The molecule has 0 bridgehead atoms. The molecule has 0 radical (unpaired) electrons. The number of ether oxygens (including phenoxy) is 1. The van der Waals surface area contributed by atoms with E-state index in [-0.39, 0.29) is 18.5 Å². The van der Waals surface area contributed by atoms with Crippen LogP contribution >= 0.6 is 11.3 Å². The fourth-order valence-electron chi connectivity index (χ4n) is 2.97. The van der Waals surface area contributed by atoms with Crippen LogP contribution in [0, 0.1) is 0 Å². The summed E-state index contributed by atoms with van der Waals surface area (Å²) in [4.78, 5) is 32.0. The van der Waals surface area contributed by atoms with Crippen molar-refractivity contribution in [2.75, 3.05) is 25.1 Å². The van der Waals surface area contributed by atoms with E-state index in [1.54, 1.807) is 0 Å². The number of carbonyl (C=O) groups is 1. The van der Waals surface area contributed by atoms with E-state index < -0.39 is 0 Å². The standard InChI is InChI=1S/C19H20N6O2S/c1-27-19-23-15(22-18(24-19)25-9-5-6-10-25)11-20-16(26)17-21-14(12-28-17)13-7-3-2-4-8-13/h2-4,7-8,12H,5-6,9-11H2,1H3,(H,20,26). The van der Waals surface area contributed by atoms with Gasteiger partial charge in [-0.25, -0.2) is 4.98 Å². The van der Waals surface area contributed by atoms with E-state index in [9.17, 15) is 4.79 Å². The predicted molar refractivity (Wildman–Crippen MR) is 107 cm³/mol. The highest BCUT2D eigenvalue weighted by molar-refractivity contribution is 7.12. The molecule has 1 saturated heterocycles. The molecule has 1 aliphatic heterocycles. The van der Waals surface area contributed by atoms with Crippen molar-refractivity contribution in [3.8, 4) is 17.3 Å². The maximum atomic E-state index is 12.5. The average Bonchev–Trinajstić information content (AvgIpc) is 3.45. The number of hydrogen-bond donors (Lipinski definition) is 1. The zero-order chi connectivity index (χ0) is 19.3. The number of methoxy groups -OCH3 is 1. The van der Waals surface area contributed by atoms with Gasteiger partial charge in [-0.15, -0.1) is 11.3 Å². The quantitative estimate of drug-likeness (QED) is 0.684. The minimum Gasteiger partial charge on any atom is -0.467 e. The third-order valence-corrected chi connectivity index (χ3v) is 5.24. The van der Waals surface area contributed by atoms with Crippen LogP contribution in [0.1, 0.15) is 28.5 Å². The van der Waals surface area contributed by atoms with E-state index in [4.69, 9.17) is 4.74 Å². The molecule has 1 N–H and O–H groups in total. The molecule has 4 rings (SSSR count). The normalized spacial score (nSPS) is 13.5. The number of amides is 1. The van der Waals surface area contributed by atoms with Gasteiger partial charge in [0.2, 0.25) is 5.95 Å². The smallest absolute Gasteiger partial charge is 0.321 e. The molecule has 0 saturated carbocycles. The largest absolute Gasteiger partial charge is 0.467 e. The maximum Gasteiger partial charge on any atom is 0.321 e. The second-order valence-corrected chi connectivity index (χ2v) is 7.18. The Morgan fingerprint density at radius 1 is 1.14 bits per heavy atom. The summed E-state index contributed by atoms with van der Waals surface area (Å²) in [6.07, 6.45) is 2.24. The third kappa shape index (κ3) is 4.09. The Labute approximate surface area is 166 Å². The van der Waals surface area contributed by atoms with Gasteiger partial charge < -0.3 is 15.0 Å². The molecule has 0 spiro atoms. The van der Waals surface area contributed by atoms with E-state index >= 15 is 0 Å². The van der Waals surface area contributed by atoms with Gasteiger partial charge in [0, 0.05) is 24.0 Å². The fraction of sp³-hybridized carbons (Fsp3) is 0.316. The first-order valence-corrected chi connectivity index (χ1v) is 9.94. The molecule has 1 aromatic carbocycles. The molecule has 1 fully saturated rings. The molecule has 9 heteroatoms. The van der Waals surface area contributed by atoms with Crippen LogP contribution in [0.5, 0.6) is 6.01 Å². The Balaban J connectivity index is 1.45. The van der Waals surface area contributed by atoms with Crippen molar-refractivity contribution in [3.63, 3.8) is 0 Å². The van der Waals surface area contributed by atoms with E-state index in [1.165, 1.54) is 18.4 Å². The minimum absolute atomic E-state index is 0.179. The van der Waals surface area contributed by atoms with Gasteiger partial charge in [0.15, 0.2) is 10.8 Å². The summed E-state index contributed by atoms with van der Waals surface area (Å²) in [6, 6.07) is 10.0. The fourth-order valence-corrected chi connectivity index (χ4v) is 3.71. The highest BCUT2D eigenvalue weighted by atomic mass is 32.1. The van der Waals surface area contributed by atoms with Gasteiger partial charge in [-0.1, -0.05) is 30.3 Å². The Morgan fingerprint density at radius 2 is 1.93 bits per heavy atom. The summed E-state index contributed by atoms with van der Waals surface area (Å²) < 4.78 is 5.19. The van der Waals surface area contributed by atoms with Crippen LogP contribution < -0.4 is 15.0 Å². The molecule has 1 amide bonds. The van der Waals surface area contributed by atoms with Crippen molar-refractivity contribution < 1.29 is 9.53 Å². The Bertz CT molecular complexity index is 956. The molecule has 1 aliphatic rings. The van der Waals surface area contributed by atoms with E-state index in [1.807, 2.05) is 35.7 Å². The van der Waals surface area contributed by atoms with Crippen LogP contribution in [0.15, 0.2) is 35.7 Å². The zero-order valence-corrected chi connectivity index (χ0v) is 16.3. The number of nitrogens with one attached hydrogen (secondary N) is 1. The van der Waals surface area contributed by atoms with Crippen molar-refractivity contribution in [1.29, 1.82) is 0 Å². The van der Waals surface area contributed by atoms with Crippen molar-refractivity contribution in [1.82, 2.24) is 25.3 Å². The summed E-state index contributed by atoms with van der Waals surface area (Å²) in [7, 11) is 1.52. The zero-order valence-electron chi connectivity index (χ0n) is 15.5. The molecule has 0 atom stereocenters. The first-order valence-electron chi connectivity index (χ1n) is 9.06. The molecular formula is C19H20N6O2S. The van der Waals surface area contributed by atoms with Crippen LogP contribution in [0.3, 0.4) is 0 Å². The van der Waals surface area contributed by atoms with Crippen molar-refractivity contribution in [2.24, 2.45) is 0 Å². The minimum atomic E-state index is -0.255. The Morgan fingerprint density at radius 3 is 2.68 bits per heavy atom. The summed E-state index contributed by atoms with van der Waals surface area (Å²) in [5.41, 5.74) is 1.77. The van der Waals surface area contributed by atoms with Crippen molar-refractivity contribution in [2.45, 2.75) is 19.4 Å². The number of thiazole rings is 1. The Kier molecular flexibility index (Phi) is 5.43. The lowest BCUT2D eigenvalue weighted by Crippen LogP contribution is -2.26. The second-order valence-electron chi connectivity index (χ2n) is 6.32. The monoisotopic (exact) mass is 396 g/mol. The number of hydrogen-bond acceptors (Lipinski definition) is 8. The first kappa shape index (κ1) is 18.3. The number of carbonyl (C=O) groups excluding carboxylic acids is 1. The van der Waals surface area contributed by atoms with Gasteiger partial charge in [0.25, 0.3) is 5.91 Å². The van der Waals surface area contributed by atoms with Crippen LogP contribution in [0.2, 0.25) is 0 Å². The molecule has 8 nitrogen and oxygen atoms in total. The summed E-state index contributed by atoms with van der Waals surface area (Å²) in [5, 5.41) is 5.11. The SMILES string of the molecule is COc1nc(CNC(=O)c2nc(-c3ccccc3)cs2)nc(N2CCCC2)n1. The maximum absolute atomic E-state index is 12.5. The summed E-state index contributed by atoms with van der Waals surface area (Å²) in [5.74, 6) is 0.797. The second kappa shape index (κ2) is 8.30. The lowest BCUT2D eigenvalue weighted by molar-refractivity contribution is 0.0949. The van der Waals surface area contributed by atoms with Gasteiger partial charge in [-0.05, 0) is 12.8 Å². The van der Waals surface area contributed by atoms with E-state index in [0.717, 1.165) is 37.2 Å². The number of aromatic nitrogens is 4. The number of rotatable bonds is 6. The van der Waals surface area contributed by atoms with Gasteiger partial charge in [-0.3, -0.25) is 4.79 Å². The lowest BCUT2D eigenvalue weighted by Gasteiger charge is -2.16. The molecular weight excluding hydrogens is 376 g/mol. The molecule has 3 aromatic rings. The van der Waals surface area contributed by atoms with Crippen LogP contribution in [-0.2, 0) is 6.54 Å². The van der Waals surface area contributed by atoms with Crippen LogP contribution in [0.25, 0.3) is 11.3 Å². The molecule has 0 aliphatic carbocycles. The predicted octanol–water partition coefficient (Wildman–Crippen LogP) is 2.53. The molecule has 144 valence electrons. The van der Waals surface area contributed by atoms with Gasteiger partial charge >= 0.3 is 6.01 Å². The Hall–Kier alpha value is -3.07. The van der Waals surface area contributed by atoms with E-state index in [0.29, 0.717) is 16.8 Å². The number of nitrogens with zero attached hydrogens (tertiary/aromatic N) is 5. The van der Waals surface area contributed by atoms with Crippen LogP contribution in [-0.4, -0.2) is 46.0 Å². The molecule has 28 heavy (non-hydrogen) atoms. The van der Waals surface area contributed by atoms with Crippen LogP contribution in [0.4, 0.5) is 5.95 Å². The number of anilines is 1. The number of benzene rings is 1. The summed E-state index contributed by atoms with van der Waals surface area (Å²) in [6.45, 7) is 2.01. The van der Waals surface area contributed by atoms with Gasteiger partial charge in [0.1, 0.15) is 0 Å². The van der Waals surface area contributed by atoms with Gasteiger partial charge in [0.05, 0.1) is 19.3 Å². The summed E-state index contributed by atoms with van der Waals surface area (Å²) >= 11 is 1.31. The first-order chi connectivity index (χ1) is 13.7. The lowest BCUT2D eigenvalue weighted by atomic mass is 10.2. The molecule has 0 unspecified atom stereocenters. The average molecular weight is 396 g/mol. The topological polar surface area (TPSA) is 93.1 Å². The molecule has 2 aromatic heterocycles. The highest BCUT2D eigenvalue weighted by Gasteiger charge is 2.18. The highest BCUT2D eigenvalue weighted by Crippen LogP contribution is 2.22. The molecule has 3 heterocycles. The van der Waals surface area contributed by atoms with Crippen molar-refractivity contribution >= 4 is 23.2 Å².